The zero-order chi connectivity index (χ0) is 14.5. The van der Waals surface area contributed by atoms with Crippen LogP contribution in [0.4, 0.5) is 11.5 Å². The Balaban J connectivity index is 2.02. The number of benzene rings is 1. The molecule has 0 spiro atoms. The highest BCUT2D eigenvalue weighted by molar-refractivity contribution is 5.48. The molecule has 0 saturated carbocycles. The van der Waals surface area contributed by atoms with Crippen LogP contribution in [-0.4, -0.2) is 21.6 Å². The highest BCUT2D eigenvalue weighted by atomic mass is 16.6. The van der Waals surface area contributed by atoms with Crippen LogP contribution < -0.4 is 5.32 Å². The summed E-state index contributed by atoms with van der Waals surface area (Å²) in [6.07, 6.45) is 0.539. The van der Waals surface area contributed by atoms with E-state index in [1.807, 2.05) is 30.3 Å². The predicted octanol–water partition coefficient (Wildman–Crippen LogP) is 2.44. The Labute approximate surface area is 116 Å². The Kier molecular flexibility index (Phi) is 4.27. The molecule has 104 valence electrons. The minimum Gasteiger partial charge on any atom is -0.387 e. The van der Waals surface area contributed by atoms with Crippen molar-refractivity contribution in [2.75, 3.05) is 11.9 Å². The van der Waals surface area contributed by atoms with Crippen molar-refractivity contribution in [2.45, 2.75) is 13.0 Å². The van der Waals surface area contributed by atoms with Crippen LogP contribution in [0.15, 0.2) is 42.6 Å². The SMILES string of the molecule is Cc1cc([N+](=O)[O-])cnc1NCC(O)c1ccccc1. The molecule has 0 aliphatic carbocycles. The molecule has 6 nitrogen and oxygen atoms in total. The van der Waals surface area contributed by atoms with Crippen LogP contribution in [0.3, 0.4) is 0 Å². The summed E-state index contributed by atoms with van der Waals surface area (Å²) in [7, 11) is 0. The molecule has 1 aromatic carbocycles. The summed E-state index contributed by atoms with van der Waals surface area (Å²) in [6, 6.07) is 10.7. The summed E-state index contributed by atoms with van der Waals surface area (Å²) in [5, 5.41) is 23.6. The molecule has 0 saturated heterocycles. The number of aliphatic hydroxyl groups excluding tert-OH is 1. The number of nitrogens with one attached hydrogen (secondary N) is 1. The average molecular weight is 273 g/mol. The third-order valence-electron chi connectivity index (χ3n) is 2.92. The van der Waals surface area contributed by atoms with Crippen LogP contribution in [-0.2, 0) is 0 Å². The van der Waals surface area contributed by atoms with Crippen molar-refractivity contribution in [1.29, 1.82) is 0 Å². The normalized spacial score (nSPS) is 11.9. The van der Waals surface area contributed by atoms with E-state index in [2.05, 4.69) is 10.3 Å². The van der Waals surface area contributed by atoms with E-state index < -0.39 is 11.0 Å². The molecule has 1 aromatic heterocycles. The van der Waals surface area contributed by atoms with E-state index in [0.29, 0.717) is 11.4 Å². The lowest BCUT2D eigenvalue weighted by atomic mass is 10.1. The van der Waals surface area contributed by atoms with Crippen LogP contribution in [0.25, 0.3) is 0 Å². The quantitative estimate of drug-likeness (QED) is 0.645. The van der Waals surface area contributed by atoms with Crippen LogP contribution in [0, 0.1) is 17.0 Å². The van der Waals surface area contributed by atoms with Crippen molar-refractivity contribution in [1.82, 2.24) is 4.98 Å². The van der Waals surface area contributed by atoms with E-state index in [9.17, 15) is 15.2 Å². The van der Waals surface area contributed by atoms with Crippen molar-refractivity contribution in [3.63, 3.8) is 0 Å². The first-order chi connectivity index (χ1) is 9.58. The molecular formula is C14H15N3O3. The number of hydrogen-bond acceptors (Lipinski definition) is 5. The summed E-state index contributed by atoms with van der Waals surface area (Å²) in [6.45, 7) is 2.02. The topological polar surface area (TPSA) is 88.3 Å². The summed E-state index contributed by atoms with van der Waals surface area (Å²) in [5.74, 6) is 0.533. The zero-order valence-electron chi connectivity index (χ0n) is 11.0. The molecule has 2 rings (SSSR count). The molecule has 6 heteroatoms. The van der Waals surface area contributed by atoms with Gasteiger partial charge in [0.05, 0.1) is 11.0 Å². The molecule has 1 unspecified atom stereocenters. The fourth-order valence-corrected chi connectivity index (χ4v) is 1.83. The Morgan fingerprint density at radius 2 is 2.10 bits per heavy atom. The van der Waals surface area contributed by atoms with Gasteiger partial charge in [-0.05, 0) is 18.1 Å². The van der Waals surface area contributed by atoms with Crippen LogP contribution in [0.5, 0.6) is 0 Å². The molecule has 0 aliphatic heterocycles. The van der Waals surface area contributed by atoms with Crippen molar-refractivity contribution in [3.05, 3.63) is 63.8 Å². The summed E-state index contributed by atoms with van der Waals surface area (Å²) in [4.78, 5) is 14.1. The van der Waals surface area contributed by atoms with E-state index in [1.165, 1.54) is 12.3 Å². The fraction of sp³-hybridized carbons (Fsp3) is 0.214. The number of pyridine rings is 1. The Morgan fingerprint density at radius 3 is 2.70 bits per heavy atom. The summed E-state index contributed by atoms with van der Waals surface area (Å²) in [5.41, 5.74) is 1.43. The number of nitrogens with zero attached hydrogens (tertiary/aromatic N) is 2. The van der Waals surface area contributed by atoms with Crippen LogP contribution in [0.1, 0.15) is 17.2 Å². The van der Waals surface area contributed by atoms with Gasteiger partial charge in [0.15, 0.2) is 0 Å². The average Bonchev–Trinajstić information content (AvgIpc) is 2.46. The maximum Gasteiger partial charge on any atom is 0.287 e. The van der Waals surface area contributed by atoms with Gasteiger partial charge in [0.2, 0.25) is 0 Å². The van der Waals surface area contributed by atoms with Crippen molar-refractivity contribution in [2.24, 2.45) is 0 Å². The van der Waals surface area contributed by atoms with E-state index in [4.69, 9.17) is 0 Å². The monoisotopic (exact) mass is 273 g/mol. The molecule has 0 fully saturated rings. The molecule has 2 aromatic rings. The first-order valence-electron chi connectivity index (χ1n) is 6.16. The van der Waals surface area contributed by atoms with Crippen LogP contribution in [0.2, 0.25) is 0 Å². The second kappa shape index (κ2) is 6.12. The lowest BCUT2D eigenvalue weighted by molar-refractivity contribution is -0.385. The van der Waals surface area contributed by atoms with Gasteiger partial charge in [-0.2, -0.15) is 0 Å². The smallest absolute Gasteiger partial charge is 0.287 e. The van der Waals surface area contributed by atoms with Crippen LogP contribution >= 0.6 is 0 Å². The molecule has 0 radical (unpaired) electrons. The highest BCUT2D eigenvalue weighted by Gasteiger charge is 2.11. The Bertz CT molecular complexity index is 602. The fourth-order valence-electron chi connectivity index (χ4n) is 1.83. The highest BCUT2D eigenvalue weighted by Crippen LogP contribution is 2.19. The lowest BCUT2D eigenvalue weighted by Crippen LogP contribution is -2.13. The van der Waals surface area contributed by atoms with E-state index >= 15 is 0 Å². The first kappa shape index (κ1) is 14.0. The second-order valence-electron chi connectivity index (χ2n) is 4.42. The standard InChI is InChI=1S/C14H15N3O3/c1-10-7-12(17(19)20)8-15-14(10)16-9-13(18)11-5-3-2-4-6-11/h2-8,13,18H,9H2,1H3,(H,15,16). The van der Waals surface area contributed by atoms with E-state index in [-0.39, 0.29) is 12.2 Å². The minimum atomic E-state index is -0.660. The Morgan fingerprint density at radius 1 is 1.40 bits per heavy atom. The van der Waals surface area contributed by atoms with Gasteiger partial charge < -0.3 is 10.4 Å². The number of anilines is 1. The van der Waals surface area contributed by atoms with Gasteiger partial charge >= 0.3 is 0 Å². The van der Waals surface area contributed by atoms with Crippen molar-refractivity contribution >= 4 is 11.5 Å². The van der Waals surface area contributed by atoms with Crippen molar-refractivity contribution in [3.8, 4) is 0 Å². The van der Waals surface area contributed by atoms with E-state index in [1.54, 1.807) is 6.92 Å². The van der Waals surface area contributed by atoms with Gasteiger partial charge in [-0.3, -0.25) is 10.1 Å². The third kappa shape index (κ3) is 3.30. The predicted molar refractivity (Wildman–Crippen MR) is 75.5 cm³/mol. The lowest BCUT2D eigenvalue weighted by Gasteiger charge is -2.13. The molecule has 1 heterocycles. The number of aryl methyl sites for hydroxylation is 1. The van der Waals surface area contributed by atoms with Gasteiger partial charge in [0.1, 0.15) is 12.0 Å². The largest absolute Gasteiger partial charge is 0.387 e. The van der Waals surface area contributed by atoms with Gasteiger partial charge in [0.25, 0.3) is 5.69 Å². The van der Waals surface area contributed by atoms with E-state index in [0.717, 1.165) is 5.56 Å². The number of aromatic nitrogens is 1. The zero-order valence-corrected chi connectivity index (χ0v) is 11.0. The molecule has 2 N–H and O–H groups in total. The molecule has 0 bridgehead atoms. The van der Waals surface area contributed by atoms with Gasteiger partial charge in [-0.25, -0.2) is 4.98 Å². The number of nitro groups is 1. The molecule has 0 aliphatic rings. The number of rotatable bonds is 5. The number of hydrogen-bond donors (Lipinski definition) is 2. The summed E-state index contributed by atoms with van der Waals surface area (Å²) < 4.78 is 0. The van der Waals surface area contributed by atoms with Gasteiger partial charge in [-0.1, -0.05) is 30.3 Å². The molecule has 0 amide bonds. The first-order valence-corrected chi connectivity index (χ1v) is 6.16. The molecular weight excluding hydrogens is 258 g/mol. The molecule has 20 heavy (non-hydrogen) atoms. The van der Waals surface area contributed by atoms with Gasteiger partial charge in [-0.15, -0.1) is 0 Å². The second-order valence-corrected chi connectivity index (χ2v) is 4.42. The third-order valence-corrected chi connectivity index (χ3v) is 2.92. The van der Waals surface area contributed by atoms with Crippen molar-refractivity contribution < 1.29 is 10.0 Å². The Hall–Kier alpha value is -2.47. The minimum absolute atomic E-state index is 0.0448. The maximum absolute atomic E-state index is 10.6. The summed E-state index contributed by atoms with van der Waals surface area (Å²) >= 11 is 0. The van der Waals surface area contributed by atoms with Gasteiger partial charge in [0, 0.05) is 12.6 Å². The maximum atomic E-state index is 10.6. The molecule has 1 atom stereocenters. The number of aliphatic hydroxyl groups is 1.